The van der Waals surface area contributed by atoms with Gasteiger partial charge in [-0.25, -0.2) is 4.79 Å². The lowest BCUT2D eigenvalue weighted by molar-refractivity contribution is -0.143. The number of thiol groups is 1. The van der Waals surface area contributed by atoms with Gasteiger partial charge in [0, 0.05) is 12.3 Å². The number of hydrogen-bond acceptors (Lipinski definition) is 9. The minimum Gasteiger partial charge on any atom is -0.481 e. The summed E-state index contributed by atoms with van der Waals surface area (Å²) in [7, 11) is 0. The van der Waals surface area contributed by atoms with E-state index in [0.29, 0.717) is 0 Å². The van der Waals surface area contributed by atoms with Crippen molar-refractivity contribution in [2.75, 3.05) is 18.9 Å². The first-order valence-corrected chi connectivity index (χ1v) is 9.94. The van der Waals surface area contributed by atoms with Crippen LogP contribution in [0.25, 0.3) is 0 Å². The Morgan fingerprint density at radius 1 is 0.906 bits per heavy atom. The molecule has 0 spiro atoms. The molecule has 0 saturated heterocycles. The Hall–Kier alpha value is -3.11. The standard InChI is InChI=1S/C16H29N7O8S/c17-7(6-32)12(27)22-9(4-11(25)26)13(28)23-10(5-24)14(29)21-8(15(30)31)2-1-3-20-16(18)19/h7-10,24,32H,1-6,17H2,(H,21,29)(H,22,27)(H,23,28)(H,25,26)(H,30,31)(H4,18,19,20). The van der Waals surface area contributed by atoms with Crippen LogP contribution in [0.2, 0.25) is 0 Å². The number of carbonyl (C=O) groups is 5. The maximum Gasteiger partial charge on any atom is 0.326 e. The monoisotopic (exact) mass is 479 g/mol. The lowest BCUT2D eigenvalue weighted by atomic mass is 10.1. The molecule has 3 amide bonds. The number of nitrogens with two attached hydrogens (primary N) is 3. The molecule has 12 N–H and O–H groups in total. The third kappa shape index (κ3) is 11.3. The zero-order valence-electron chi connectivity index (χ0n) is 17.1. The van der Waals surface area contributed by atoms with Gasteiger partial charge in [0.2, 0.25) is 17.7 Å². The number of carbonyl (C=O) groups excluding carboxylic acids is 3. The highest BCUT2D eigenvalue weighted by atomic mass is 32.1. The van der Waals surface area contributed by atoms with Crippen molar-refractivity contribution in [3.05, 3.63) is 0 Å². The van der Waals surface area contributed by atoms with Gasteiger partial charge in [0.1, 0.15) is 18.1 Å². The molecule has 0 aromatic rings. The fraction of sp³-hybridized carbons (Fsp3) is 0.625. The summed E-state index contributed by atoms with van der Waals surface area (Å²) in [6.45, 7) is -0.811. The third-order valence-electron chi connectivity index (χ3n) is 3.92. The van der Waals surface area contributed by atoms with Gasteiger partial charge in [0.05, 0.1) is 19.1 Å². The smallest absolute Gasteiger partial charge is 0.326 e. The summed E-state index contributed by atoms with van der Waals surface area (Å²) in [4.78, 5) is 62.7. The number of nitrogens with zero attached hydrogens (tertiary/aromatic N) is 1. The Kier molecular flexibility index (Phi) is 13.4. The molecule has 32 heavy (non-hydrogen) atoms. The van der Waals surface area contributed by atoms with E-state index in [1.165, 1.54) is 0 Å². The second-order valence-corrected chi connectivity index (χ2v) is 6.91. The number of aliphatic hydroxyl groups is 1. The molecule has 182 valence electrons. The molecular weight excluding hydrogens is 450 g/mol. The molecule has 0 rings (SSSR count). The summed E-state index contributed by atoms with van der Waals surface area (Å²) in [5.41, 5.74) is 15.8. The van der Waals surface area contributed by atoms with E-state index in [-0.39, 0.29) is 31.1 Å². The predicted octanol–water partition coefficient (Wildman–Crippen LogP) is -4.70. The summed E-state index contributed by atoms with van der Waals surface area (Å²) in [5, 5.41) is 34.0. The van der Waals surface area contributed by atoms with Crippen LogP contribution >= 0.6 is 12.6 Å². The summed E-state index contributed by atoms with van der Waals surface area (Å²) < 4.78 is 0. The highest BCUT2D eigenvalue weighted by Gasteiger charge is 2.30. The van der Waals surface area contributed by atoms with Crippen LogP contribution in [0.4, 0.5) is 0 Å². The first-order valence-electron chi connectivity index (χ1n) is 9.31. The van der Waals surface area contributed by atoms with Crippen molar-refractivity contribution < 1.29 is 39.3 Å². The van der Waals surface area contributed by atoms with Crippen LogP contribution in [-0.4, -0.2) is 94.0 Å². The SMILES string of the molecule is NC(N)=NCCCC(NC(=O)C(CO)NC(=O)C(CC(=O)O)NC(=O)C(N)CS)C(=O)O. The normalized spacial score (nSPS) is 14.2. The van der Waals surface area contributed by atoms with Crippen molar-refractivity contribution in [3.8, 4) is 0 Å². The molecule has 0 aliphatic carbocycles. The molecule has 0 aromatic heterocycles. The van der Waals surface area contributed by atoms with Gasteiger partial charge in [-0.05, 0) is 12.8 Å². The largest absolute Gasteiger partial charge is 0.481 e. The van der Waals surface area contributed by atoms with Gasteiger partial charge >= 0.3 is 11.9 Å². The van der Waals surface area contributed by atoms with Gasteiger partial charge in [-0.3, -0.25) is 24.2 Å². The Morgan fingerprint density at radius 2 is 1.44 bits per heavy atom. The van der Waals surface area contributed by atoms with Crippen molar-refractivity contribution in [3.63, 3.8) is 0 Å². The third-order valence-corrected chi connectivity index (χ3v) is 4.31. The van der Waals surface area contributed by atoms with Gasteiger partial charge < -0.3 is 48.5 Å². The molecule has 0 aliphatic heterocycles. The van der Waals surface area contributed by atoms with E-state index in [9.17, 15) is 34.2 Å². The highest BCUT2D eigenvalue weighted by molar-refractivity contribution is 7.80. The number of amides is 3. The number of rotatable bonds is 15. The molecule has 0 aliphatic rings. The minimum absolute atomic E-state index is 0.0523. The second-order valence-electron chi connectivity index (χ2n) is 6.54. The average Bonchev–Trinajstić information content (AvgIpc) is 2.71. The van der Waals surface area contributed by atoms with Crippen LogP contribution in [0.1, 0.15) is 19.3 Å². The molecule has 0 bridgehead atoms. The first kappa shape index (κ1) is 28.9. The van der Waals surface area contributed by atoms with Gasteiger partial charge in [-0.15, -0.1) is 0 Å². The van der Waals surface area contributed by atoms with E-state index in [1.807, 2.05) is 0 Å². The zero-order valence-corrected chi connectivity index (χ0v) is 18.0. The van der Waals surface area contributed by atoms with Gasteiger partial charge in [0.25, 0.3) is 0 Å². The summed E-state index contributed by atoms with van der Waals surface area (Å²) >= 11 is 3.83. The first-order chi connectivity index (χ1) is 14.9. The van der Waals surface area contributed by atoms with Gasteiger partial charge in [-0.1, -0.05) is 0 Å². The zero-order chi connectivity index (χ0) is 24.8. The second kappa shape index (κ2) is 14.8. The van der Waals surface area contributed by atoms with Crippen molar-refractivity contribution in [1.82, 2.24) is 16.0 Å². The Morgan fingerprint density at radius 3 is 1.91 bits per heavy atom. The molecule has 0 aromatic carbocycles. The van der Waals surface area contributed by atoms with Crippen LogP contribution in [0.3, 0.4) is 0 Å². The number of aliphatic carboxylic acids is 2. The number of guanidine groups is 1. The van der Waals surface area contributed by atoms with Crippen molar-refractivity contribution in [1.29, 1.82) is 0 Å². The molecule has 4 unspecified atom stereocenters. The summed E-state index contributed by atoms with van der Waals surface area (Å²) in [6.07, 6.45) is -0.675. The maximum atomic E-state index is 12.4. The van der Waals surface area contributed by atoms with Crippen molar-refractivity contribution in [2.24, 2.45) is 22.2 Å². The van der Waals surface area contributed by atoms with Gasteiger partial charge in [0.15, 0.2) is 5.96 Å². The number of carboxylic acid groups (broad SMARTS) is 2. The van der Waals surface area contributed by atoms with E-state index >= 15 is 0 Å². The summed E-state index contributed by atoms with van der Waals surface area (Å²) in [5.74, 6) is -6.04. The van der Waals surface area contributed by atoms with E-state index in [2.05, 4.69) is 33.6 Å². The number of nitrogens with one attached hydrogen (secondary N) is 3. The molecule has 0 fully saturated rings. The maximum absolute atomic E-state index is 12.4. The Labute approximate surface area is 188 Å². The van der Waals surface area contributed by atoms with E-state index in [4.69, 9.17) is 22.3 Å². The fourth-order valence-electron chi connectivity index (χ4n) is 2.25. The van der Waals surface area contributed by atoms with Crippen LogP contribution in [-0.2, 0) is 24.0 Å². The number of carboxylic acids is 2. The van der Waals surface area contributed by atoms with E-state index < -0.39 is 66.9 Å². The fourth-order valence-corrected chi connectivity index (χ4v) is 2.41. The van der Waals surface area contributed by atoms with Crippen molar-refractivity contribution in [2.45, 2.75) is 43.4 Å². The minimum atomic E-state index is -1.62. The lowest BCUT2D eigenvalue weighted by Gasteiger charge is -2.23. The molecule has 0 radical (unpaired) electrons. The van der Waals surface area contributed by atoms with Crippen LogP contribution in [0.5, 0.6) is 0 Å². The van der Waals surface area contributed by atoms with E-state index in [0.717, 1.165) is 0 Å². The van der Waals surface area contributed by atoms with Crippen LogP contribution < -0.4 is 33.2 Å². The number of aliphatic hydroxyl groups excluding tert-OH is 1. The molecule has 0 heterocycles. The number of hydrogen-bond donors (Lipinski definition) is 10. The molecule has 4 atom stereocenters. The molecule has 0 saturated carbocycles. The lowest BCUT2D eigenvalue weighted by Crippen LogP contribution is -2.58. The quantitative estimate of drug-likeness (QED) is 0.0461. The Balaban J connectivity index is 5.15. The number of aliphatic imine (C=N–C) groups is 1. The molecular formula is C16H29N7O8S. The average molecular weight is 480 g/mol. The molecule has 16 heteroatoms. The highest BCUT2D eigenvalue weighted by Crippen LogP contribution is 2.01. The van der Waals surface area contributed by atoms with E-state index in [1.54, 1.807) is 0 Å². The Bertz CT molecular complexity index is 717. The predicted molar refractivity (Wildman–Crippen MR) is 115 cm³/mol. The van der Waals surface area contributed by atoms with Gasteiger partial charge in [-0.2, -0.15) is 12.6 Å². The van der Waals surface area contributed by atoms with Crippen LogP contribution in [0, 0.1) is 0 Å². The molecule has 15 nitrogen and oxygen atoms in total. The van der Waals surface area contributed by atoms with Crippen LogP contribution in [0.15, 0.2) is 4.99 Å². The topological polar surface area (TPSA) is 273 Å². The summed E-state index contributed by atoms with van der Waals surface area (Å²) in [6, 6.07) is -5.71. The van der Waals surface area contributed by atoms with Crippen molar-refractivity contribution >= 4 is 48.2 Å².